The fourth-order valence-electron chi connectivity index (χ4n) is 2.86. The maximum atomic E-state index is 12.3. The third-order valence-electron chi connectivity index (χ3n) is 4.23. The van der Waals surface area contributed by atoms with Crippen LogP contribution in [0.25, 0.3) is 0 Å². The number of para-hydroxylation sites is 1. The summed E-state index contributed by atoms with van der Waals surface area (Å²) in [6.45, 7) is 4.64. The summed E-state index contributed by atoms with van der Waals surface area (Å²) < 4.78 is 16.2. The maximum Gasteiger partial charge on any atom is 0.338 e. The first-order valence-electron chi connectivity index (χ1n) is 9.10. The van der Waals surface area contributed by atoms with Gasteiger partial charge in [-0.25, -0.2) is 4.79 Å². The second-order valence-corrected chi connectivity index (χ2v) is 7.11. The fraction of sp³-hybridized carbons (Fsp3) is 0.333. The SMILES string of the molecule is CC(C)c1ccccc1NC(=O)COC(=O)c1cc(Cl)c2c(c1)OCCCO2. The summed E-state index contributed by atoms with van der Waals surface area (Å²) in [5.41, 5.74) is 1.92. The Balaban J connectivity index is 1.64. The van der Waals surface area contributed by atoms with Crippen LogP contribution in [0.1, 0.15) is 42.1 Å². The smallest absolute Gasteiger partial charge is 0.338 e. The average molecular weight is 404 g/mol. The fourth-order valence-corrected chi connectivity index (χ4v) is 3.13. The number of esters is 1. The number of fused-ring (bicyclic) bond motifs is 1. The molecule has 3 rings (SSSR count). The van der Waals surface area contributed by atoms with Gasteiger partial charge in [-0.1, -0.05) is 43.6 Å². The molecule has 2 aromatic rings. The number of ether oxygens (including phenoxy) is 3. The molecule has 1 heterocycles. The standard InChI is InChI=1S/C21H22ClNO5/c1-13(2)15-6-3-4-7-17(15)23-19(24)12-28-21(25)14-10-16(22)20-18(11-14)26-8-5-9-27-20/h3-4,6-7,10-11,13H,5,8-9,12H2,1-2H3,(H,23,24). The van der Waals surface area contributed by atoms with Gasteiger partial charge in [0.2, 0.25) is 0 Å². The molecule has 1 amide bonds. The number of rotatable bonds is 5. The van der Waals surface area contributed by atoms with E-state index in [2.05, 4.69) is 5.32 Å². The van der Waals surface area contributed by atoms with Crippen molar-refractivity contribution < 1.29 is 23.8 Å². The molecule has 1 N–H and O–H groups in total. The van der Waals surface area contributed by atoms with Crippen LogP contribution in [-0.4, -0.2) is 31.7 Å². The van der Waals surface area contributed by atoms with Crippen molar-refractivity contribution in [2.24, 2.45) is 0 Å². The highest BCUT2D eigenvalue weighted by atomic mass is 35.5. The van der Waals surface area contributed by atoms with Crippen LogP contribution in [0, 0.1) is 0 Å². The monoisotopic (exact) mass is 403 g/mol. The number of halogens is 1. The molecule has 0 bridgehead atoms. The Morgan fingerprint density at radius 1 is 1.18 bits per heavy atom. The summed E-state index contributed by atoms with van der Waals surface area (Å²) in [6, 6.07) is 10.5. The Kier molecular flexibility index (Phi) is 6.41. The zero-order valence-corrected chi connectivity index (χ0v) is 16.5. The Labute approximate surface area is 168 Å². The zero-order valence-electron chi connectivity index (χ0n) is 15.8. The number of amides is 1. The van der Waals surface area contributed by atoms with E-state index >= 15 is 0 Å². The quantitative estimate of drug-likeness (QED) is 0.748. The van der Waals surface area contributed by atoms with Gasteiger partial charge in [0.25, 0.3) is 5.91 Å². The minimum Gasteiger partial charge on any atom is -0.489 e. The summed E-state index contributed by atoms with van der Waals surface area (Å²) in [7, 11) is 0. The molecule has 0 saturated heterocycles. The Morgan fingerprint density at radius 2 is 1.93 bits per heavy atom. The van der Waals surface area contributed by atoms with Crippen LogP contribution in [0.4, 0.5) is 5.69 Å². The molecule has 0 radical (unpaired) electrons. The molecule has 0 spiro atoms. The van der Waals surface area contributed by atoms with Crippen molar-refractivity contribution in [3.05, 3.63) is 52.5 Å². The second-order valence-electron chi connectivity index (χ2n) is 6.70. The molecular formula is C21H22ClNO5. The molecule has 7 heteroatoms. The van der Waals surface area contributed by atoms with Gasteiger partial charge in [0, 0.05) is 12.1 Å². The topological polar surface area (TPSA) is 73.9 Å². The molecule has 0 atom stereocenters. The molecule has 6 nitrogen and oxygen atoms in total. The number of carbonyl (C=O) groups is 2. The number of carbonyl (C=O) groups excluding carboxylic acids is 2. The van der Waals surface area contributed by atoms with Gasteiger partial charge in [0.1, 0.15) is 0 Å². The van der Waals surface area contributed by atoms with E-state index in [1.165, 1.54) is 12.1 Å². The van der Waals surface area contributed by atoms with Gasteiger partial charge in [-0.05, 0) is 29.7 Å². The van der Waals surface area contributed by atoms with Crippen molar-refractivity contribution in [3.63, 3.8) is 0 Å². The van der Waals surface area contributed by atoms with E-state index in [0.717, 1.165) is 12.0 Å². The number of benzene rings is 2. The van der Waals surface area contributed by atoms with E-state index in [-0.39, 0.29) is 16.5 Å². The van der Waals surface area contributed by atoms with Crippen molar-refractivity contribution in [2.75, 3.05) is 25.1 Å². The Morgan fingerprint density at radius 3 is 2.71 bits per heavy atom. The number of nitrogens with one attached hydrogen (secondary N) is 1. The first kappa shape index (κ1) is 20.0. The number of anilines is 1. The summed E-state index contributed by atoms with van der Waals surface area (Å²) in [5, 5.41) is 3.05. The predicted octanol–water partition coefficient (Wildman–Crippen LogP) is 4.42. The van der Waals surface area contributed by atoms with E-state index in [4.69, 9.17) is 25.8 Å². The van der Waals surface area contributed by atoms with Gasteiger partial charge in [-0.2, -0.15) is 0 Å². The van der Waals surface area contributed by atoms with Crippen LogP contribution in [0.5, 0.6) is 11.5 Å². The molecule has 0 aliphatic carbocycles. The number of hydrogen-bond donors (Lipinski definition) is 1. The van der Waals surface area contributed by atoms with Crippen LogP contribution in [0.3, 0.4) is 0 Å². The van der Waals surface area contributed by atoms with Gasteiger partial charge in [-0.15, -0.1) is 0 Å². The normalized spacial score (nSPS) is 13.0. The molecule has 0 fully saturated rings. The summed E-state index contributed by atoms with van der Waals surface area (Å²) in [6.07, 6.45) is 0.725. The second kappa shape index (κ2) is 8.97. The Hall–Kier alpha value is -2.73. The highest BCUT2D eigenvalue weighted by molar-refractivity contribution is 6.32. The number of hydrogen-bond acceptors (Lipinski definition) is 5. The first-order chi connectivity index (χ1) is 13.5. The first-order valence-corrected chi connectivity index (χ1v) is 9.48. The lowest BCUT2D eigenvalue weighted by molar-refractivity contribution is -0.119. The van der Waals surface area contributed by atoms with E-state index in [9.17, 15) is 9.59 Å². The van der Waals surface area contributed by atoms with Crippen LogP contribution in [0.15, 0.2) is 36.4 Å². The largest absolute Gasteiger partial charge is 0.489 e. The summed E-state index contributed by atoms with van der Waals surface area (Å²) >= 11 is 6.19. The lowest BCUT2D eigenvalue weighted by Crippen LogP contribution is -2.21. The molecule has 0 unspecified atom stereocenters. The molecular weight excluding hydrogens is 382 g/mol. The van der Waals surface area contributed by atoms with Crippen molar-refractivity contribution in [1.82, 2.24) is 0 Å². The summed E-state index contributed by atoms with van der Waals surface area (Å²) in [5.74, 6) is -0.0132. The van der Waals surface area contributed by atoms with Crippen molar-refractivity contribution in [2.45, 2.75) is 26.2 Å². The van der Waals surface area contributed by atoms with E-state index in [1.807, 2.05) is 38.1 Å². The predicted molar refractivity (Wildman–Crippen MR) is 107 cm³/mol. The highest BCUT2D eigenvalue weighted by Crippen LogP contribution is 2.38. The van der Waals surface area contributed by atoms with Gasteiger partial charge in [-0.3, -0.25) is 4.79 Å². The van der Waals surface area contributed by atoms with Gasteiger partial charge in [0.15, 0.2) is 18.1 Å². The molecule has 0 saturated carbocycles. The van der Waals surface area contributed by atoms with E-state index in [1.54, 1.807) is 0 Å². The summed E-state index contributed by atoms with van der Waals surface area (Å²) in [4.78, 5) is 24.6. The molecule has 1 aliphatic heterocycles. The van der Waals surface area contributed by atoms with Gasteiger partial charge < -0.3 is 19.5 Å². The highest BCUT2D eigenvalue weighted by Gasteiger charge is 2.20. The minimum absolute atomic E-state index is 0.199. The van der Waals surface area contributed by atoms with Crippen molar-refractivity contribution in [1.29, 1.82) is 0 Å². The van der Waals surface area contributed by atoms with Crippen molar-refractivity contribution in [3.8, 4) is 11.5 Å². The van der Waals surface area contributed by atoms with E-state index < -0.39 is 18.5 Å². The molecule has 0 aromatic heterocycles. The minimum atomic E-state index is -0.662. The average Bonchev–Trinajstić information content (AvgIpc) is 2.92. The lowest BCUT2D eigenvalue weighted by Gasteiger charge is -2.14. The van der Waals surface area contributed by atoms with Crippen LogP contribution >= 0.6 is 11.6 Å². The van der Waals surface area contributed by atoms with Crippen molar-refractivity contribution >= 4 is 29.2 Å². The van der Waals surface area contributed by atoms with E-state index in [0.29, 0.717) is 30.4 Å². The van der Waals surface area contributed by atoms with Crippen LogP contribution in [0.2, 0.25) is 5.02 Å². The van der Waals surface area contributed by atoms with Gasteiger partial charge >= 0.3 is 5.97 Å². The molecule has 2 aromatic carbocycles. The third kappa shape index (κ3) is 4.75. The third-order valence-corrected chi connectivity index (χ3v) is 4.51. The molecule has 1 aliphatic rings. The Bertz CT molecular complexity index is 881. The maximum absolute atomic E-state index is 12.3. The lowest BCUT2D eigenvalue weighted by atomic mass is 10.0. The molecule has 148 valence electrons. The van der Waals surface area contributed by atoms with Gasteiger partial charge in [0.05, 0.1) is 23.8 Å². The van der Waals surface area contributed by atoms with Crippen LogP contribution in [-0.2, 0) is 9.53 Å². The molecule has 28 heavy (non-hydrogen) atoms. The van der Waals surface area contributed by atoms with Crippen LogP contribution < -0.4 is 14.8 Å². The zero-order chi connectivity index (χ0) is 20.1.